The molecular weight excluding hydrogens is 254 g/mol. The van der Waals surface area contributed by atoms with Crippen LogP contribution in [0.25, 0.3) is 5.69 Å². The molecule has 96 valence electrons. The van der Waals surface area contributed by atoms with Gasteiger partial charge in [-0.25, -0.2) is 4.68 Å². The highest BCUT2D eigenvalue weighted by Crippen LogP contribution is 2.25. The maximum absolute atomic E-state index is 6.31. The van der Waals surface area contributed by atoms with Crippen LogP contribution in [-0.2, 0) is 0 Å². The first-order chi connectivity index (χ1) is 9.25. The summed E-state index contributed by atoms with van der Waals surface area (Å²) in [5.74, 6) is 0. The number of hydrogen-bond acceptors (Lipinski definition) is 3. The van der Waals surface area contributed by atoms with Gasteiger partial charge in [-0.05, 0) is 40.9 Å². The van der Waals surface area contributed by atoms with Gasteiger partial charge < -0.3 is 5.73 Å². The van der Waals surface area contributed by atoms with Gasteiger partial charge in [0.2, 0.25) is 0 Å². The van der Waals surface area contributed by atoms with Crippen LogP contribution < -0.4 is 5.73 Å². The summed E-state index contributed by atoms with van der Waals surface area (Å²) >= 11 is 1.69. The van der Waals surface area contributed by atoms with E-state index in [0.29, 0.717) is 0 Å². The lowest BCUT2D eigenvalue weighted by Gasteiger charge is -2.08. The van der Waals surface area contributed by atoms with Crippen molar-refractivity contribution in [2.45, 2.75) is 13.0 Å². The Bertz CT molecular complexity index is 670. The number of nitrogens with zero attached hydrogens (tertiary/aromatic N) is 2. The van der Waals surface area contributed by atoms with Crippen molar-refractivity contribution >= 4 is 11.3 Å². The Morgan fingerprint density at radius 3 is 2.68 bits per heavy atom. The first-order valence-electron chi connectivity index (χ1n) is 6.14. The number of benzene rings is 1. The number of aromatic nitrogens is 2. The van der Waals surface area contributed by atoms with Crippen LogP contribution in [0, 0.1) is 6.92 Å². The summed E-state index contributed by atoms with van der Waals surface area (Å²) in [6.45, 7) is 2.09. The average Bonchev–Trinajstić information content (AvgIpc) is 3.08. The number of aryl methyl sites for hydroxylation is 1. The molecule has 19 heavy (non-hydrogen) atoms. The highest BCUT2D eigenvalue weighted by atomic mass is 32.1. The van der Waals surface area contributed by atoms with Crippen LogP contribution in [0.1, 0.15) is 22.7 Å². The zero-order valence-electron chi connectivity index (χ0n) is 10.7. The fourth-order valence-electron chi connectivity index (χ4n) is 2.09. The van der Waals surface area contributed by atoms with E-state index in [2.05, 4.69) is 22.8 Å². The third kappa shape index (κ3) is 2.32. The molecular formula is C15H15N3S. The zero-order valence-corrected chi connectivity index (χ0v) is 11.5. The minimum Gasteiger partial charge on any atom is -0.320 e. The smallest absolute Gasteiger partial charge is 0.0645 e. The van der Waals surface area contributed by atoms with Crippen molar-refractivity contribution in [2.75, 3.05) is 0 Å². The van der Waals surface area contributed by atoms with Gasteiger partial charge in [0.15, 0.2) is 0 Å². The molecule has 3 aromatic rings. The zero-order chi connectivity index (χ0) is 13.2. The van der Waals surface area contributed by atoms with Crippen LogP contribution in [0.2, 0.25) is 0 Å². The second kappa shape index (κ2) is 4.99. The molecule has 0 aliphatic rings. The normalized spacial score (nSPS) is 12.5. The van der Waals surface area contributed by atoms with Crippen molar-refractivity contribution in [2.24, 2.45) is 5.73 Å². The highest BCUT2D eigenvalue weighted by Gasteiger charge is 2.14. The number of rotatable bonds is 3. The third-order valence-corrected chi connectivity index (χ3v) is 4.09. The summed E-state index contributed by atoms with van der Waals surface area (Å²) in [4.78, 5) is 0. The van der Waals surface area contributed by atoms with Crippen LogP contribution in [-0.4, -0.2) is 9.78 Å². The number of thiophene rings is 1. The first-order valence-corrected chi connectivity index (χ1v) is 7.08. The Morgan fingerprint density at radius 1 is 1.21 bits per heavy atom. The summed E-state index contributed by atoms with van der Waals surface area (Å²) in [7, 11) is 0. The van der Waals surface area contributed by atoms with Gasteiger partial charge in [-0.15, -0.1) is 0 Å². The van der Waals surface area contributed by atoms with Gasteiger partial charge in [0.05, 0.1) is 17.9 Å². The highest BCUT2D eigenvalue weighted by molar-refractivity contribution is 7.08. The molecule has 3 nitrogen and oxygen atoms in total. The van der Waals surface area contributed by atoms with Gasteiger partial charge >= 0.3 is 0 Å². The SMILES string of the molecule is Cc1cscc1C(N)c1cnn(-c2ccccc2)c1. The van der Waals surface area contributed by atoms with E-state index in [1.54, 1.807) is 11.3 Å². The molecule has 0 radical (unpaired) electrons. The van der Waals surface area contributed by atoms with E-state index in [1.807, 2.05) is 47.4 Å². The molecule has 0 saturated carbocycles. The monoisotopic (exact) mass is 269 g/mol. The molecule has 2 N–H and O–H groups in total. The van der Waals surface area contributed by atoms with Crippen molar-refractivity contribution in [3.63, 3.8) is 0 Å². The Morgan fingerprint density at radius 2 is 2.00 bits per heavy atom. The van der Waals surface area contributed by atoms with Crippen LogP contribution in [0.3, 0.4) is 0 Å². The molecule has 2 heterocycles. The molecule has 0 aliphatic carbocycles. The predicted molar refractivity (Wildman–Crippen MR) is 78.7 cm³/mol. The summed E-state index contributed by atoms with van der Waals surface area (Å²) in [6.07, 6.45) is 3.84. The molecule has 1 atom stereocenters. The molecule has 1 unspecified atom stereocenters. The molecule has 0 bridgehead atoms. The number of para-hydroxylation sites is 1. The summed E-state index contributed by atoms with van der Waals surface area (Å²) in [5.41, 5.74) is 10.8. The lowest BCUT2D eigenvalue weighted by Crippen LogP contribution is -2.11. The molecule has 0 fully saturated rings. The number of hydrogen-bond donors (Lipinski definition) is 1. The lowest BCUT2D eigenvalue weighted by atomic mass is 10.0. The van der Waals surface area contributed by atoms with Gasteiger partial charge in [0.25, 0.3) is 0 Å². The van der Waals surface area contributed by atoms with Crippen molar-refractivity contribution < 1.29 is 0 Å². The quantitative estimate of drug-likeness (QED) is 0.793. The van der Waals surface area contributed by atoms with E-state index in [4.69, 9.17) is 5.73 Å². The molecule has 0 aliphatic heterocycles. The Labute approximate surface area is 116 Å². The Balaban J connectivity index is 1.92. The minimum atomic E-state index is -0.108. The molecule has 1 aromatic carbocycles. The summed E-state index contributed by atoms with van der Waals surface area (Å²) < 4.78 is 1.86. The minimum absolute atomic E-state index is 0.108. The maximum Gasteiger partial charge on any atom is 0.0645 e. The standard InChI is InChI=1S/C15H15N3S/c1-11-9-19-10-14(11)15(16)12-7-17-18(8-12)13-5-3-2-4-6-13/h2-10,15H,16H2,1H3. The van der Waals surface area contributed by atoms with E-state index in [0.717, 1.165) is 11.3 Å². The van der Waals surface area contributed by atoms with Crippen LogP contribution in [0.15, 0.2) is 53.5 Å². The van der Waals surface area contributed by atoms with E-state index in [9.17, 15) is 0 Å². The molecule has 2 aromatic heterocycles. The van der Waals surface area contributed by atoms with Gasteiger partial charge in [-0.2, -0.15) is 16.4 Å². The Kier molecular flexibility index (Phi) is 3.19. The van der Waals surface area contributed by atoms with Gasteiger partial charge in [0, 0.05) is 11.8 Å². The third-order valence-electron chi connectivity index (χ3n) is 3.21. The van der Waals surface area contributed by atoms with Crippen molar-refractivity contribution in [3.8, 4) is 5.69 Å². The largest absolute Gasteiger partial charge is 0.320 e. The maximum atomic E-state index is 6.31. The van der Waals surface area contributed by atoms with Crippen molar-refractivity contribution in [3.05, 3.63) is 70.2 Å². The summed E-state index contributed by atoms with van der Waals surface area (Å²) in [5, 5.41) is 8.62. The predicted octanol–water partition coefficient (Wildman–Crippen LogP) is 3.29. The van der Waals surface area contributed by atoms with Crippen LogP contribution in [0.5, 0.6) is 0 Å². The fraction of sp³-hybridized carbons (Fsp3) is 0.133. The van der Waals surface area contributed by atoms with E-state index in [1.165, 1.54) is 11.1 Å². The van der Waals surface area contributed by atoms with E-state index < -0.39 is 0 Å². The topological polar surface area (TPSA) is 43.8 Å². The van der Waals surface area contributed by atoms with Crippen LogP contribution >= 0.6 is 11.3 Å². The fourth-order valence-corrected chi connectivity index (χ4v) is 2.98. The van der Waals surface area contributed by atoms with Gasteiger partial charge in [-0.1, -0.05) is 18.2 Å². The molecule has 3 rings (SSSR count). The van der Waals surface area contributed by atoms with E-state index in [-0.39, 0.29) is 6.04 Å². The van der Waals surface area contributed by atoms with E-state index >= 15 is 0 Å². The average molecular weight is 269 g/mol. The summed E-state index contributed by atoms with van der Waals surface area (Å²) in [6, 6.07) is 9.94. The Hall–Kier alpha value is -1.91. The first kappa shape index (κ1) is 12.1. The van der Waals surface area contributed by atoms with Crippen molar-refractivity contribution in [1.29, 1.82) is 0 Å². The number of nitrogens with two attached hydrogens (primary N) is 1. The molecule has 0 amide bonds. The molecule has 4 heteroatoms. The second-order valence-corrected chi connectivity index (χ2v) is 5.29. The van der Waals surface area contributed by atoms with Gasteiger partial charge in [0.1, 0.15) is 0 Å². The molecule has 0 spiro atoms. The van der Waals surface area contributed by atoms with Crippen molar-refractivity contribution in [1.82, 2.24) is 9.78 Å². The second-order valence-electron chi connectivity index (χ2n) is 4.54. The van der Waals surface area contributed by atoms with Gasteiger partial charge in [-0.3, -0.25) is 0 Å². The lowest BCUT2D eigenvalue weighted by molar-refractivity contribution is 0.859. The van der Waals surface area contributed by atoms with Crippen LogP contribution in [0.4, 0.5) is 0 Å². The molecule has 0 saturated heterocycles.